The minimum Gasteiger partial charge on any atom is -0.326 e. The highest BCUT2D eigenvalue weighted by Gasteiger charge is 2.26. The van der Waals surface area contributed by atoms with Gasteiger partial charge in [0, 0.05) is 24.0 Å². The lowest BCUT2D eigenvalue weighted by Gasteiger charge is -2.15. The van der Waals surface area contributed by atoms with Gasteiger partial charge in [-0.1, -0.05) is 22.4 Å². The SMILES string of the molecule is CC(=O)Nc1ccc(S(=O)(=O)NCC2CCCC2Br)cc1. The maximum Gasteiger partial charge on any atom is 0.240 e. The molecule has 2 rings (SSSR count). The summed E-state index contributed by atoms with van der Waals surface area (Å²) in [5.41, 5.74) is 0.581. The van der Waals surface area contributed by atoms with Crippen molar-refractivity contribution in [1.82, 2.24) is 4.72 Å². The van der Waals surface area contributed by atoms with Crippen LogP contribution in [0.4, 0.5) is 5.69 Å². The van der Waals surface area contributed by atoms with E-state index in [0.29, 0.717) is 23.0 Å². The molecule has 0 spiro atoms. The summed E-state index contributed by atoms with van der Waals surface area (Å²) in [7, 11) is -3.50. The number of carbonyl (C=O) groups excluding carboxylic acids is 1. The number of hydrogen-bond donors (Lipinski definition) is 2. The molecule has 1 aliphatic carbocycles. The van der Waals surface area contributed by atoms with Crippen LogP contribution in [-0.4, -0.2) is 25.7 Å². The van der Waals surface area contributed by atoms with Gasteiger partial charge in [0.15, 0.2) is 0 Å². The van der Waals surface area contributed by atoms with E-state index < -0.39 is 10.0 Å². The number of rotatable bonds is 5. The summed E-state index contributed by atoms with van der Waals surface area (Å²) < 4.78 is 27.1. The minimum absolute atomic E-state index is 0.187. The molecule has 1 aromatic rings. The van der Waals surface area contributed by atoms with Gasteiger partial charge in [-0.15, -0.1) is 0 Å². The molecule has 0 aliphatic heterocycles. The van der Waals surface area contributed by atoms with Crippen molar-refractivity contribution in [2.75, 3.05) is 11.9 Å². The Bertz CT molecular complexity index is 601. The predicted molar refractivity (Wildman–Crippen MR) is 86.0 cm³/mol. The largest absolute Gasteiger partial charge is 0.326 e. The molecule has 0 saturated heterocycles. The van der Waals surface area contributed by atoms with E-state index in [1.807, 2.05) is 0 Å². The molecule has 1 aromatic carbocycles. The van der Waals surface area contributed by atoms with Crippen molar-refractivity contribution in [3.05, 3.63) is 24.3 Å². The van der Waals surface area contributed by atoms with Crippen molar-refractivity contribution in [2.45, 2.75) is 35.9 Å². The van der Waals surface area contributed by atoms with Crippen LogP contribution in [0.25, 0.3) is 0 Å². The van der Waals surface area contributed by atoms with Gasteiger partial charge in [-0.25, -0.2) is 13.1 Å². The third kappa shape index (κ3) is 4.52. The van der Waals surface area contributed by atoms with E-state index >= 15 is 0 Å². The number of hydrogen-bond acceptors (Lipinski definition) is 3. The highest BCUT2D eigenvalue weighted by Crippen LogP contribution is 2.31. The van der Waals surface area contributed by atoms with Gasteiger partial charge in [0.1, 0.15) is 0 Å². The first-order valence-corrected chi connectivity index (χ1v) is 9.30. The lowest BCUT2D eigenvalue weighted by atomic mass is 10.1. The van der Waals surface area contributed by atoms with E-state index in [4.69, 9.17) is 0 Å². The Morgan fingerprint density at radius 3 is 2.48 bits per heavy atom. The van der Waals surface area contributed by atoms with E-state index in [0.717, 1.165) is 19.3 Å². The molecule has 2 N–H and O–H groups in total. The van der Waals surface area contributed by atoms with Crippen LogP contribution in [0.3, 0.4) is 0 Å². The zero-order valence-corrected chi connectivity index (χ0v) is 14.2. The number of anilines is 1. The first-order chi connectivity index (χ1) is 9.88. The van der Waals surface area contributed by atoms with E-state index in [1.54, 1.807) is 12.1 Å². The smallest absolute Gasteiger partial charge is 0.240 e. The van der Waals surface area contributed by atoms with Gasteiger partial charge in [0.25, 0.3) is 0 Å². The van der Waals surface area contributed by atoms with E-state index in [9.17, 15) is 13.2 Å². The summed E-state index contributed by atoms with van der Waals surface area (Å²) in [5.74, 6) is 0.159. The molecule has 0 aromatic heterocycles. The molecule has 1 saturated carbocycles. The van der Waals surface area contributed by atoms with Crippen molar-refractivity contribution in [3.8, 4) is 0 Å². The molecule has 0 heterocycles. The first kappa shape index (κ1) is 16.5. The number of amides is 1. The van der Waals surface area contributed by atoms with Crippen molar-refractivity contribution in [2.24, 2.45) is 5.92 Å². The normalized spacial score (nSPS) is 22.2. The highest BCUT2D eigenvalue weighted by molar-refractivity contribution is 9.09. The van der Waals surface area contributed by atoms with Gasteiger partial charge < -0.3 is 5.32 Å². The van der Waals surface area contributed by atoms with E-state index in [1.165, 1.54) is 19.1 Å². The third-order valence-electron chi connectivity index (χ3n) is 3.59. The fourth-order valence-electron chi connectivity index (χ4n) is 2.44. The molecular weight excluding hydrogens is 356 g/mol. The molecule has 5 nitrogen and oxygen atoms in total. The summed E-state index contributed by atoms with van der Waals surface area (Å²) in [5, 5.41) is 2.61. The van der Waals surface area contributed by atoms with Crippen LogP contribution in [0.5, 0.6) is 0 Å². The molecule has 0 bridgehead atoms. The zero-order chi connectivity index (χ0) is 15.5. The molecule has 1 fully saturated rings. The van der Waals surface area contributed by atoms with Crippen molar-refractivity contribution in [1.29, 1.82) is 0 Å². The van der Waals surface area contributed by atoms with Crippen LogP contribution in [0.2, 0.25) is 0 Å². The third-order valence-corrected chi connectivity index (χ3v) is 6.23. The summed E-state index contributed by atoms with van der Waals surface area (Å²) in [4.78, 5) is 11.5. The van der Waals surface area contributed by atoms with Crippen molar-refractivity contribution >= 4 is 37.5 Å². The Kier molecular flexibility index (Phi) is 5.40. The topological polar surface area (TPSA) is 75.3 Å². The molecule has 2 atom stereocenters. The zero-order valence-electron chi connectivity index (χ0n) is 11.8. The number of nitrogens with one attached hydrogen (secondary N) is 2. The average molecular weight is 375 g/mol. The number of sulfonamides is 1. The second kappa shape index (κ2) is 6.89. The van der Waals surface area contributed by atoms with Crippen LogP contribution in [0.15, 0.2) is 29.2 Å². The molecule has 2 unspecified atom stereocenters. The number of benzene rings is 1. The highest BCUT2D eigenvalue weighted by atomic mass is 79.9. The second-order valence-corrected chi connectivity index (χ2v) is 8.21. The molecule has 1 aliphatic rings. The van der Waals surface area contributed by atoms with Crippen LogP contribution in [0.1, 0.15) is 26.2 Å². The summed E-state index contributed by atoms with van der Waals surface area (Å²) in [6.07, 6.45) is 3.27. The Balaban J connectivity index is 2.00. The second-order valence-electron chi connectivity index (χ2n) is 5.26. The van der Waals surface area contributed by atoms with Gasteiger partial charge >= 0.3 is 0 Å². The monoisotopic (exact) mass is 374 g/mol. The molecule has 0 radical (unpaired) electrons. The number of halogens is 1. The van der Waals surface area contributed by atoms with Crippen molar-refractivity contribution < 1.29 is 13.2 Å². The molecular formula is C14H19BrN2O3S. The van der Waals surface area contributed by atoms with Crippen LogP contribution < -0.4 is 10.0 Å². The molecule has 1 amide bonds. The Morgan fingerprint density at radius 2 is 1.95 bits per heavy atom. The quantitative estimate of drug-likeness (QED) is 0.777. The lowest BCUT2D eigenvalue weighted by Crippen LogP contribution is -2.31. The van der Waals surface area contributed by atoms with E-state index in [-0.39, 0.29) is 10.8 Å². The minimum atomic E-state index is -3.50. The molecule has 21 heavy (non-hydrogen) atoms. The average Bonchev–Trinajstić information content (AvgIpc) is 2.82. The lowest BCUT2D eigenvalue weighted by molar-refractivity contribution is -0.114. The maximum absolute atomic E-state index is 12.2. The number of carbonyl (C=O) groups is 1. The van der Waals surface area contributed by atoms with Crippen LogP contribution in [-0.2, 0) is 14.8 Å². The van der Waals surface area contributed by atoms with Crippen LogP contribution in [0, 0.1) is 5.92 Å². The molecule has 7 heteroatoms. The molecule has 116 valence electrons. The fourth-order valence-corrected chi connectivity index (χ4v) is 4.31. The first-order valence-electron chi connectivity index (χ1n) is 6.90. The number of alkyl halides is 1. The Labute approximate surface area is 133 Å². The van der Waals surface area contributed by atoms with E-state index in [2.05, 4.69) is 26.0 Å². The van der Waals surface area contributed by atoms with Crippen molar-refractivity contribution in [3.63, 3.8) is 0 Å². The van der Waals surface area contributed by atoms with Gasteiger partial charge in [0.05, 0.1) is 4.90 Å². The maximum atomic E-state index is 12.2. The van der Waals surface area contributed by atoms with Gasteiger partial charge in [-0.2, -0.15) is 0 Å². The summed E-state index contributed by atoms with van der Waals surface area (Å²) >= 11 is 3.59. The van der Waals surface area contributed by atoms with Gasteiger partial charge in [-0.05, 0) is 43.0 Å². The van der Waals surface area contributed by atoms with Gasteiger partial charge in [0.2, 0.25) is 15.9 Å². The summed E-state index contributed by atoms with van der Waals surface area (Å²) in [6, 6.07) is 6.15. The fraction of sp³-hybridized carbons (Fsp3) is 0.500. The van der Waals surface area contributed by atoms with Gasteiger partial charge in [-0.3, -0.25) is 4.79 Å². The Hall–Kier alpha value is -0.920. The predicted octanol–water partition coefficient (Wildman–Crippen LogP) is 2.49. The summed E-state index contributed by atoms with van der Waals surface area (Å²) in [6.45, 7) is 1.86. The standard InChI is InChI=1S/C14H19BrN2O3S/c1-10(18)17-12-5-7-13(8-6-12)21(19,20)16-9-11-3-2-4-14(11)15/h5-8,11,14,16H,2-4,9H2,1H3,(H,17,18). The van der Waals surface area contributed by atoms with Crippen LogP contribution >= 0.6 is 15.9 Å². The Morgan fingerprint density at radius 1 is 1.29 bits per heavy atom.